The Morgan fingerprint density at radius 2 is 2.19 bits per heavy atom. The summed E-state index contributed by atoms with van der Waals surface area (Å²) in [4.78, 5) is 11.6. The molecule has 1 rings (SSSR count). The summed E-state index contributed by atoms with van der Waals surface area (Å²) in [5, 5.41) is 2.72. The van der Waals surface area contributed by atoms with Crippen molar-refractivity contribution >= 4 is 17.5 Å². The first-order chi connectivity index (χ1) is 7.66. The third-order valence-electron chi connectivity index (χ3n) is 2.11. The van der Waals surface area contributed by atoms with Crippen LogP contribution in [0.5, 0.6) is 0 Å². The van der Waals surface area contributed by atoms with Crippen LogP contribution in [-0.2, 0) is 0 Å². The summed E-state index contributed by atoms with van der Waals surface area (Å²) in [6.45, 7) is 1.05. The molecule has 0 saturated carbocycles. The van der Waals surface area contributed by atoms with Gasteiger partial charge in [-0.05, 0) is 31.5 Å². The van der Waals surface area contributed by atoms with Gasteiger partial charge in [-0.15, -0.1) is 0 Å². The smallest absolute Gasteiger partial charge is 0.255 e. The van der Waals surface area contributed by atoms with Crippen LogP contribution in [0.3, 0.4) is 0 Å². The van der Waals surface area contributed by atoms with Gasteiger partial charge in [-0.1, -0.05) is 17.7 Å². The maximum atomic E-state index is 13.3. The van der Waals surface area contributed by atoms with Crippen LogP contribution in [0.4, 0.5) is 4.39 Å². The highest BCUT2D eigenvalue weighted by Gasteiger charge is 2.14. The van der Waals surface area contributed by atoms with Gasteiger partial charge in [0, 0.05) is 6.54 Å². The normalized spacial score (nSPS) is 10.2. The lowest BCUT2D eigenvalue weighted by molar-refractivity contribution is 0.0949. The number of halogens is 2. The van der Waals surface area contributed by atoms with Crippen molar-refractivity contribution < 1.29 is 9.18 Å². The molecule has 1 aromatic carbocycles. The zero-order chi connectivity index (χ0) is 12.0. The van der Waals surface area contributed by atoms with E-state index in [1.165, 1.54) is 18.2 Å². The first-order valence-electron chi connectivity index (χ1n) is 5.09. The van der Waals surface area contributed by atoms with Crippen LogP contribution in [0.1, 0.15) is 23.2 Å². The molecular formula is C11H14ClFN2O. The number of nitrogens with two attached hydrogens (primary N) is 1. The fourth-order valence-corrected chi connectivity index (χ4v) is 1.52. The molecule has 3 N–H and O–H groups in total. The Hall–Kier alpha value is -1.13. The van der Waals surface area contributed by atoms with E-state index in [0.29, 0.717) is 13.1 Å². The number of unbranched alkanes of at least 4 members (excludes halogenated alkanes) is 1. The van der Waals surface area contributed by atoms with E-state index in [2.05, 4.69) is 5.32 Å². The summed E-state index contributed by atoms with van der Waals surface area (Å²) in [7, 11) is 0. The summed E-state index contributed by atoms with van der Waals surface area (Å²) in [6, 6.07) is 4.16. The van der Waals surface area contributed by atoms with E-state index in [9.17, 15) is 9.18 Å². The first-order valence-corrected chi connectivity index (χ1v) is 5.47. The lowest BCUT2D eigenvalue weighted by Gasteiger charge is -2.07. The van der Waals surface area contributed by atoms with Crippen molar-refractivity contribution in [2.24, 2.45) is 5.73 Å². The van der Waals surface area contributed by atoms with Crippen LogP contribution in [0.2, 0.25) is 5.02 Å². The standard InChI is InChI=1S/C11H14ClFN2O/c12-8-4-3-5-9(13)10(8)11(16)15-7-2-1-6-14/h3-5H,1-2,6-7,14H2,(H,15,16). The number of hydrogen-bond donors (Lipinski definition) is 2. The number of carbonyl (C=O) groups is 1. The molecule has 0 unspecified atom stereocenters. The monoisotopic (exact) mass is 244 g/mol. The number of nitrogens with one attached hydrogen (secondary N) is 1. The lowest BCUT2D eigenvalue weighted by Crippen LogP contribution is -2.26. The van der Waals surface area contributed by atoms with Crippen molar-refractivity contribution in [3.05, 3.63) is 34.6 Å². The Morgan fingerprint density at radius 3 is 2.81 bits per heavy atom. The second-order valence-electron chi connectivity index (χ2n) is 3.35. The minimum absolute atomic E-state index is 0.100. The van der Waals surface area contributed by atoms with Crippen molar-refractivity contribution in [2.75, 3.05) is 13.1 Å². The highest BCUT2D eigenvalue weighted by atomic mass is 35.5. The molecule has 1 amide bonds. The molecule has 3 nitrogen and oxygen atoms in total. The van der Waals surface area contributed by atoms with E-state index in [0.717, 1.165) is 12.8 Å². The van der Waals surface area contributed by atoms with Gasteiger partial charge < -0.3 is 11.1 Å². The second-order valence-corrected chi connectivity index (χ2v) is 3.76. The minimum Gasteiger partial charge on any atom is -0.352 e. The highest BCUT2D eigenvalue weighted by molar-refractivity contribution is 6.33. The molecule has 5 heteroatoms. The lowest BCUT2D eigenvalue weighted by atomic mass is 10.2. The molecule has 0 bridgehead atoms. The zero-order valence-corrected chi connectivity index (χ0v) is 9.56. The molecule has 0 spiro atoms. The van der Waals surface area contributed by atoms with Gasteiger partial charge in [-0.25, -0.2) is 4.39 Å². The van der Waals surface area contributed by atoms with E-state index in [4.69, 9.17) is 17.3 Å². The number of hydrogen-bond acceptors (Lipinski definition) is 2. The summed E-state index contributed by atoms with van der Waals surface area (Å²) >= 11 is 5.74. The van der Waals surface area contributed by atoms with Gasteiger partial charge in [0.1, 0.15) is 5.82 Å². The van der Waals surface area contributed by atoms with Crippen LogP contribution in [0.25, 0.3) is 0 Å². The van der Waals surface area contributed by atoms with Gasteiger partial charge in [0.25, 0.3) is 5.91 Å². The number of carbonyl (C=O) groups excluding carboxylic acids is 1. The van der Waals surface area contributed by atoms with Gasteiger partial charge in [0.15, 0.2) is 0 Å². The predicted molar refractivity (Wildman–Crippen MR) is 62.0 cm³/mol. The first kappa shape index (κ1) is 12.9. The molecule has 88 valence electrons. The van der Waals surface area contributed by atoms with E-state index in [-0.39, 0.29) is 10.6 Å². The average Bonchev–Trinajstić information content (AvgIpc) is 2.24. The topological polar surface area (TPSA) is 55.1 Å². The van der Waals surface area contributed by atoms with E-state index in [1.54, 1.807) is 0 Å². The molecule has 0 fully saturated rings. The quantitative estimate of drug-likeness (QED) is 0.778. The number of amides is 1. The SMILES string of the molecule is NCCCCNC(=O)c1c(F)cccc1Cl. The van der Waals surface area contributed by atoms with Crippen molar-refractivity contribution in [3.8, 4) is 0 Å². The van der Waals surface area contributed by atoms with Crippen molar-refractivity contribution in [1.82, 2.24) is 5.32 Å². The molecule has 16 heavy (non-hydrogen) atoms. The van der Waals surface area contributed by atoms with E-state index >= 15 is 0 Å². The molecule has 0 saturated heterocycles. The van der Waals surface area contributed by atoms with Crippen molar-refractivity contribution in [1.29, 1.82) is 0 Å². The fourth-order valence-electron chi connectivity index (χ4n) is 1.27. The van der Waals surface area contributed by atoms with Crippen LogP contribution < -0.4 is 11.1 Å². The molecule has 0 heterocycles. The third kappa shape index (κ3) is 3.47. The molecule has 0 atom stereocenters. The molecule has 0 radical (unpaired) electrons. The average molecular weight is 245 g/mol. The highest BCUT2D eigenvalue weighted by Crippen LogP contribution is 2.18. The van der Waals surface area contributed by atoms with Crippen LogP contribution >= 0.6 is 11.6 Å². The second kappa shape index (κ2) is 6.45. The fraction of sp³-hybridized carbons (Fsp3) is 0.364. The largest absolute Gasteiger partial charge is 0.352 e. The van der Waals surface area contributed by atoms with Crippen LogP contribution in [0.15, 0.2) is 18.2 Å². The van der Waals surface area contributed by atoms with Gasteiger partial charge in [0.05, 0.1) is 10.6 Å². The maximum Gasteiger partial charge on any atom is 0.255 e. The van der Waals surface area contributed by atoms with Gasteiger partial charge in [-0.3, -0.25) is 4.79 Å². The molecule has 0 aromatic heterocycles. The van der Waals surface area contributed by atoms with Gasteiger partial charge in [0.2, 0.25) is 0 Å². The number of benzene rings is 1. The zero-order valence-electron chi connectivity index (χ0n) is 8.80. The third-order valence-corrected chi connectivity index (χ3v) is 2.42. The van der Waals surface area contributed by atoms with E-state index in [1.807, 2.05) is 0 Å². The Morgan fingerprint density at radius 1 is 1.44 bits per heavy atom. The molecule has 0 aliphatic rings. The number of rotatable bonds is 5. The van der Waals surface area contributed by atoms with Gasteiger partial charge in [-0.2, -0.15) is 0 Å². The Bertz CT molecular complexity index is 351. The molecular weight excluding hydrogens is 231 g/mol. The Labute approximate surface area is 98.8 Å². The van der Waals surface area contributed by atoms with E-state index < -0.39 is 11.7 Å². The van der Waals surface area contributed by atoms with Crippen molar-refractivity contribution in [2.45, 2.75) is 12.8 Å². The summed E-state index contributed by atoms with van der Waals surface area (Å²) < 4.78 is 13.3. The molecule has 0 aliphatic heterocycles. The molecule has 1 aromatic rings. The summed E-state index contributed by atoms with van der Waals surface area (Å²) in [6.07, 6.45) is 1.60. The predicted octanol–water partition coefficient (Wildman–Crippen LogP) is 1.95. The Balaban J connectivity index is 2.59. The Kier molecular flexibility index (Phi) is 5.22. The van der Waals surface area contributed by atoms with Gasteiger partial charge >= 0.3 is 0 Å². The summed E-state index contributed by atoms with van der Waals surface area (Å²) in [5.74, 6) is -1.09. The minimum atomic E-state index is -0.608. The van der Waals surface area contributed by atoms with Crippen molar-refractivity contribution in [3.63, 3.8) is 0 Å². The maximum absolute atomic E-state index is 13.3. The molecule has 0 aliphatic carbocycles. The van der Waals surface area contributed by atoms with Crippen LogP contribution in [0, 0.1) is 5.82 Å². The summed E-state index contributed by atoms with van der Waals surface area (Å²) in [5.41, 5.74) is 5.21. The van der Waals surface area contributed by atoms with Crippen LogP contribution in [-0.4, -0.2) is 19.0 Å².